The number of aromatic nitrogens is 2. The molecule has 0 aliphatic carbocycles. The van der Waals surface area contributed by atoms with E-state index in [1.807, 2.05) is 29.8 Å². The van der Waals surface area contributed by atoms with Crippen molar-refractivity contribution in [3.05, 3.63) is 40.8 Å². The van der Waals surface area contributed by atoms with Crippen molar-refractivity contribution in [3.63, 3.8) is 0 Å². The van der Waals surface area contributed by atoms with Gasteiger partial charge in [0.05, 0.1) is 0 Å². The van der Waals surface area contributed by atoms with Crippen molar-refractivity contribution in [1.29, 1.82) is 0 Å². The second-order valence-corrected chi connectivity index (χ2v) is 9.05. The molecule has 0 atom stereocenters. The van der Waals surface area contributed by atoms with Gasteiger partial charge in [-0.05, 0) is 56.3 Å². The molecule has 0 saturated carbocycles. The molecule has 7 nitrogen and oxygen atoms in total. The Hall–Kier alpha value is -1.46. The fourth-order valence-corrected chi connectivity index (χ4v) is 4.91. The summed E-state index contributed by atoms with van der Waals surface area (Å²) in [5, 5.41) is 5.67. The Bertz CT molecular complexity index is 770. The molecule has 4 heterocycles. The summed E-state index contributed by atoms with van der Waals surface area (Å²) in [4.78, 5) is 22.5. The van der Waals surface area contributed by atoms with Crippen LogP contribution in [0, 0.1) is 5.92 Å². The lowest BCUT2D eigenvalue weighted by Gasteiger charge is -2.37. The molecule has 0 unspecified atom stereocenters. The minimum absolute atomic E-state index is 0. The molecule has 170 valence electrons. The lowest BCUT2D eigenvalue weighted by molar-refractivity contribution is 0.181. The third-order valence-corrected chi connectivity index (χ3v) is 6.78. The summed E-state index contributed by atoms with van der Waals surface area (Å²) in [5.74, 6) is 2.58. The minimum atomic E-state index is 0. The van der Waals surface area contributed by atoms with Crippen molar-refractivity contribution >= 4 is 47.2 Å². The van der Waals surface area contributed by atoms with Gasteiger partial charge < -0.3 is 15.1 Å². The highest BCUT2D eigenvalue weighted by Gasteiger charge is 2.23. The first-order valence-corrected chi connectivity index (χ1v) is 12.0. The van der Waals surface area contributed by atoms with Gasteiger partial charge in [0.2, 0.25) is 5.95 Å². The summed E-state index contributed by atoms with van der Waals surface area (Å²) >= 11 is 1.86. The number of rotatable bonds is 6. The second kappa shape index (κ2) is 12.5. The summed E-state index contributed by atoms with van der Waals surface area (Å²) in [6.45, 7) is 11.2. The number of piperidine rings is 1. The molecule has 0 spiro atoms. The maximum Gasteiger partial charge on any atom is 0.225 e. The highest BCUT2D eigenvalue weighted by Crippen LogP contribution is 2.21. The molecule has 0 radical (unpaired) electrons. The standard InChI is InChI=1S/C22H33N7S.HI/c1-2-23-21(28-12-14-29(15-13-28)22-24-8-4-9-25-22)26-17-19-6-10-27(11-7-19)18-20-5-3-16-30-20;/h3-5,8-9,16,19H,2,6-7,10-15,17-18H2,1H3,(H,23,26);1H. The van der Waals surface area contributed by atoms with Crippen LogP contribution in [0.15, 0.2) is 41.0 Å². The van der Waals surface area contributed by atoms with Gasteiger partial charge in [-0.2, -0.15) is 0 Å². The van der Waals surface area contributed by atoms with Gasteiger partial charge in [0.15, 0.2) is 5.96 Å². The average Bonchev–Trinajstić information content (AvgIpc) is 3.31. The Labute approximate surface area is 207 Å². The number of guanidine groups is 1. The monoisotopic (exact) mass is 555 g/mol. The van der Waals surface area contributed by atoms with E-state index in [0.717, 1.165) is 57.7 Å². The third-order valence-electron chi connectivity index (χ3n) is 5.92. The normalized spacial score (nSPS) is 18.7. The quantitative estimate of drug-likeness (QED) is 0.336. The molecule has 2 fully saturated rings. The van der Waals surface area contributed by atoms with Crippen LogP contribution in [0.4, 0.5) is 5.95 Å². The molecule has 9 heteroatoms. The van der Waals surface area contributed by atoms with Crippen LogP contribution in [0.5, 0.6) is 0 Å². The molecule has 4 rings (SSSR count). The zero-order valence-corrected chi connectivity index (χ0v) is 21.5. The maximum atomic E-state index is 5.02. The Kier molecular flexibility index (Phi) is 9.79. The summed E-state index contributed by atoms with van der Waals surface area (Å²) in [7, 11) is 0. The van der Waals surface area contributed by atoms with Crippen LogP contribution in [-0.4, -0.2) is 78.1 Å². The van der Waals surface area contributed by atoms with E-state index >= 15 is 0 Å². The molecule has 2 aliphatic rings. The molecule has 31 heavy (non-hydrogen) atoms. The number of aliphatic imine (C=N–C) groups is 1. The van der Waals surface area contributed by atoms with Gasteiger partial charge >= 0.3 is 0 Å². The van der Waals surface area contributed by atoms with Crippen LogP contribution in [0.1, 0.15) is 24.6 Å². The van der Waals surface area contributed by atoms with Crippen LogP contribution < -0.4 is 10.2 Å². The van der Waals surface area contributed by atoms with Crippen molar-refractivity contribution in [1.82, 2.24) is 25.1 Å². The van der Waals surface area contributed by atoms with E-state index in [4.69, 9.17) is 4.99 Å². The lowest BCUT2D eigenvalue weighted by Crippen LogP contribution is -2.53. The van der Waals surface area contributed by atoms with Crippen LogP contribution in [0.25, 0.3) is 0 Å². The van der Waals surface area contributed by atoms with Gasteiger partial charge in [-0.3, -0.25) is 9.89 Å². The molecule has 0 bridgehead atoms. The van der Waals surface area contributed by atoms with Crippen molar-refractivity contribution < 1.29 is 0 Å². The first kappa shape index (κ1) is 24.2. The molecule has 2 aromatic rings. The van der Waals surface area contributed by atoms with E-state index in [9.17, 15) is 0 Å². The van der Waals surface area contributed by atoms with Gasteiger partial charge in [0.1, 0.15) is 0 Å². The number of hydrogen-bond acceptors (Lipinski definition) is 6. The van der Waals surface area contributed by atoms with Crippen molar-refractivity contribution in [2.24, 2.45) is 10.9 Å². The topological polar surface area (TPSA) is 59.9 Å². The van der Waals surface area contributed by atoms with Crippen LogP contribution in [0.2, 0.25) is 0 Å². The number of piperazine rings is 1. The molecular formula is C22H34IN7S. The van der Waals surface area contributed by atoms with Gasteiger partial charge in [0, 0.05) is 63.1 Å². The fraction of sp³-hybridized carbons (Fsp3) is 0.591. The summed E-state index contributed by atoms with van der Waals surface area (Å²) in [5.41, 5.74) is 0. The van der Waals surface area contributed by atoms with Gasteiger partial charge in [-0.15, -0.1) is 35.3 Å². The van der Waals surface area contributed by atoms with Crippen LogP contribution in [0.3, 0.4) is 0 Å². The molecule has 2 saturated heterocycles. The number of nitrogens with zero attached hydrogens (tertiary/aromatic N) is 6. The summed E-state index contributed by atoms with van der Waals surface area (Å²) in [6, 6.07) is 6.26. The van der Waals surface area contributed by atoms with Crippen molar-refractivity contribution in [2.45, 2.75) is 26.3 Å². The second-order valence-electron chi connectivity index (χ2n) is 8.02. The SMILES string of the molecule is CCNC(=NCC1CCN(Cc2cccs2)CC1)N1CCN(c2ncccn2)CC1.I. The molecule has 2 aromatic heterocycles. The van der Waals surface area contributed by atoms with Crippen molar-refractivity contribution in [2.75, 3.05) is 57.3 Å². The highest BCUT2D eigenvalue weighted by atomic mass is 127. The van der Waals surface area contributed by atoms with Gasteiger partial charge in [0.25, 0.3) is 0 Å². The fourth-order valence-electron chi connectivity index (χ4n) is 4.16. The summed E-state index contributed by atoms with van der Waals surface area (Å²) in [6.07, 6.45) is 6.11. The Morgan fingerprint density at radius 1 is 1.10 bits per heavy atom. The number of halogens is 1. The predicted octanol–water partition coefficient (Wildman–Crippen LogP) is 3.16. The van der Waals surface area contributed by atoms with E-state index in [1.54, 1.807) is 0 Å². The molecular weight excluding hydrogens is 521 g/mol. The zero-order chi connectivity index (χ0) is 20.6. The predicted molar refractivity (Wildman–Crippen MR) is 140 cm³/mol. The zero-order valence-electron chi connectivity index (χ0n) is 18.3. The maximum absolute atomic E-state index is 5.02. The van der Waals surface area contributed by atoms with Crippen LogP contribution in [-0.2, 0) is 6.54 Å². The third kappa shape index (κ3) is 7.01. The van der Waals surface area contributed by atoms with E-state index < -0.39 is 0 Å². The smallest absolute Gasteiger partial charge is 0.225 e. The first-order valence-electron chi connectivity index (χ1n) is 11.1. The van der Waals surface area contributed by atoms with E-state index in [2.05, 4.69) is 54.4 Å². The average molecular weight is 556 g/mol. The molecule has 2 aliphatic heterocycles. The molecule has 1 N–H and O–H groups in total. The first-order chi connectivity index (χ1) is 14.8. The van der Waals surface area contributed by atoms with E-state index in [1.165, 1.54) is 30.8 Å². The lowest BCUT2D eigenvalue weighted by atomic mass is 9.97. The Morgan fingerprint density at radius 2 is 1.84 bits per heavy atom. The van der Waals surface area contributed by atoms with Gasteiger partial charge in [-0.25, -0.2) is 9.97 Å². The number of likely N-dealkylation sites (tertiary alicyclic amines) is 1. The molecule has 0 aromatic carbocycles. The Morgan fingerprint density at radius 3 is 2.48 bits per heavy atom. The number of thiophene rings is 1. The van der Waals surface area contributed by atoms with E-state index in [0.29, 0.717) is 5.92 Å². The van der Waals surface area contributed by atoms with Gasteiger partial charge in [-0.1, -0.05) is 6.07 Å². The van der Waals surface area contributed by atoms with Crippen molar-refractivity contribution in [3.8, 4) is 0 Å². The highest BCUT2D eigenvalue weighted by molar-refractivity contribution is 14.0. The summed E-state index contributed by atoms with van der Waals surface area (Å²) < 4.78 is 0. The van der Waals surface area contributed by atoms with Crippen LogP contribution >= 0.6 is 35.3 Å². The Balaban J connectivity index is 0.00000272. The number of anilines is 1. The van der Waals surface area contributed by atoms with E-state index in [-0.39, 0.29) is 24.0 Å². The minimum Gasteiger partial charge on any atom is -0.357 e. The molecule has 0 amide bonds. The largest absolute Gasteiger partial charge is 0.357 e. The number of nitrogens with one attached hydrogen (secondary N) is 1. The number of hydrogen-bond donors (Lipinski definition) is 1.